The first kappa shape index (κ1) is 17.6. The number of carbonyl (C=O) groups is 1. The number of aryl methyl sites for hydroxylation is 2. The average molecular weight is 347 g/mol. The van der Waals surface area contributed by atoms with Gasteiger partial charge in [-0.2, -0.15) is 4.98 Å². The first-order valence-electron chi connectivity index (χ1n) is 8.85. The van der Waals surface area contributed by atoms with Crippen LogP contribution in [0.2, 0.25) is 0 Å². The van der Waals surface area contributed by atoms with Crippen LogP contribution in [0.4, 0.5) is 5.82 Å². The molecule has 25 heavy (non-hydrogen) atoms. The van der Waals surface area contributed by atoms with E-state index in [1.165, 1.54) is 0 Å². The molecule has 3 rings (SSSR count). The lowest BCUT2D eigenvalue weighted by molar-refractivity contribution is -0.122. The predicted molar refractivity (Wildman–Crippen MR) is 91.1 cm³/mol. The van der Waals surface area contributed by atoms with E-state index in [1.54, 1.807) is 13.0 Å². The number of amides is 1. The van der Waals surface area contributed by atoms with Crippen molar-refractivity contribution < 1.29 is 13.8 Å². The van der Waals surface area contributed by atoms with E-state index in [4.69, 9.17) is 9.05 Å². The lowest BCUT2D eigenvalue weighted by atomic mass is 9.95. The second-order valence-corrected chi connectivity index (χ2v) is 6.63. The van der Waals surface area contributed by atoms with Gasteiger partial charge < -0.3 is 14.4 Å². The smallest absolute Gasteiger partial charge is 0.242 e. The first-order valence-corrected chi connectivity index (χ1v) is 8.85. The van der Waals surface area contributed by atoms with Crippen molar-refractivity contribution >= 4 is 11.7 Å². The molecule has 1 aliphatic rings. The van der Waals surface area contributed by atoms with Gasteiger partial charge in [0.1, 0.15) is 5.76 Å². The van der Waals surface area contributed by atoms with Crippen LogP contribution < -0.4 is 5.32 Å². The first-order chi connectivity index (χ1) is 12.1. The van der Waals surface area contributed by atoms with Crippen molar-refractivity contribution in [3.63, 3.8) is 0 Å². The monoisotopic (exact) mass is 347 g/mol. The molecular formula is C17H25N5O3. The topological polar surface area (TPSA) is 97.3 Å². The van der Waals surface area contributed by atoms with Crippen LogP contribution in [0.25, 0.3) is 0 Å². The molecule has 0 aromatic carbocycles. The highest BCUT2D eigenvalue weighted by Crippen LogP contribution is 2.28. The van der Waals surface area contributed by atoms with Gasteiger partial charge >= 0.3 is 0 Å². The SMILES string of the molecule is CCC[C@@H](C(=O)Nc1cc(C)on1)N1CCC[C@H](c2nc(C)no2)C1. The maximum absolute atomic E-state index is 12.8. The third-order valence-corrected chi connectivity index (χ3v) is 4.53. The Morgan fingerprint density at radius 2 is 2.24 bits per heavy atom. The Hall–Kier alpha value is -2.22. The molecule has 1 N–H and O–H groups in total. The van der Waals surface area contributed by atoms with Gasteiger partial charge in [-0.15, -0.1) is 0 Å². The van der Waals surface area contributed by atoms with Crippen molar-refractivity contribution in [2.75, 3.05) is 18.4 Å². The maximum atomic E-state index is 12.8. The molecule has 8 nitrogen and oxygen atoms in total. The minimum atomic E-state index is -0.200. The van der Waals surface area contributed by atoms with Crippen LogP contribution in [0, 0.1) is 13.8 Å². The van der Waals surface area contributed by atoms with Gasteiger partial charge in [-0.3, -0.25) is 9.69 Å². The van der Waals surface area contributed by atoms with E-state index in [-0.39, 0.29) is 17.9 Å². The molecule has 0 radical (unpaired) electrons. The third-order valence-electron chi connectivity index (χ3n) is 4.53. The largest absolute Gasteiger partial charge is 0.360 e. The summed E-state index contributed by atoms with van der Waals surface area (Å²) in [5, 5.41) is 10.6. The molecule has 2 aromatic heterocycles. The highest BCUT2D eigenvalue weighted by molar-refractivity contribution is 5.94. The lowest BCUT2D eigenvalue weighted by Gasteiger charge is -2.36. The van der Waals surface area contributed by atoms with E-state index in [2.05, 4.69) is 32.4 Å². The van der Waals surface area contributed by atoms with Crippen LogP contribution in [-0.2, 0) is 4.79 Å². The van der Waals surface area contributed by atoms with E-state index >= 15 is 0 Å². The number of aromatic nitrogens is 3. The summed E-state index contributed by atoms with van der Waals surface area (Å²) in [5.41, 5.74) is 0. The minimum absolute atomic E-state index is 0.0440. The second-order valence-electron chi connectivity index (χ2n) is 6.63. The van der Waals surface area contributed by atoms with Gasteiger partial charge in [-0.1, -0.05) is 23.7 Å². The zero-order valence-electron chi connectivity index (χ0n) is 15.0. The van der Waals surface area contributed by atoms with Crippen molar-refractivity contribution in [3.05, 3.63) is 23.5 Å². The molecule has 0 spiro atoms. The van der Waals surface area contributed by atoms with Crippen LogP contribution in [-0.4, -0.2) is 45.2 Å². The summed E-state index contributed by atoms with van der Waals surface area (Å²) in [7, 11) is 0. The van der Waals surface area contributed by atoms with Gasteiger partial charge in [-0.05, 0) is 39.7 Å². The Morgan fingerprint density at radius 1 is 1.40 bits per heavy atom. The lowest BCUT2D eigenvalue weighted by Crippen LogP contribution is -2.48. The fraction of sp³-hybridized carbons (Fsp3) is 0.647. The second kappa shape index (κ2) is 7.77. The van der Waals surface area contributed by atoms with Gasteiger partial charge in [-0.25, -0.2) is 0 Å². The van der Waals surface area contributed by atoms with E-state index in [0.717, 1.165) is 38.8 Å². The molecule has 1 fully saturated rings. The molecule has 1 saturated heterocycles. The fourth-order valence-corrected chi connectivity index (χ4v) is 3.36. The Morgan fingerprint density at radius 3 is 2.88 bits per heavy atom. The number of piperidine rings is 1. The number of anilines is 1. The summed E-state index contributed by atoms with van der Waals surface area (Å²) in [4.78, 5) is 19.4. The summed E-state index contributed by atoms with van der Waals surface area (Å²) < 4.78 is 10.4. The molecule has 3 heterocycles. The molecule has 8 heteroatoms. The summed E-state index contributed by atoms with van der Waals surface area (Å²) in [5.74, 6) is 2.59. The van der Waals surface area contributed by atoms with E-state index in [0.29, 0.717) is 23.3 Å². The van der Waals surface area contributed by atoms with E-state index < -0.39 is 0 Å². The highest BCUT2D eigenvalue weighted by atomic mass is 16.5. The highest BCUT2D eigenvalue weighted by Gasteiger charge is 2.32. The zero-order chi connectivity index (χ0) is 17.8. The number of hydrogen-bond acceptors (Lipinski definition) is 7. The summed E-state index contributed by atoms with van der Waals surface area (Å²) >= 11 is 0. The van der Waals surface area contributed by atoms with Crippen molar-refractivity contribution in [3.8, 4) is 0 Å². The maximum Gasteiger partial charge on any atom is 0.242 e. The van der Waals surface area contributed by atoms with Gasteiger partial charge in [0, 0.05) is 12.6 Å². The number of rotatable bonds is 6. The van der Waals surface area contributed by atoms with Gasteiger partial charge in [0.25, 0.3) is 0 Å². The molecule has 0 aliphatic carbocycles. The molecule has 1 aliphatic heterocycles. The van der Waals surface area contributed by atoms with E-state index in [1.807, 2.05) is 6.92 Å². The van der Waals surface area contributed by atoms with Gasteiger partial charge in [0.15, 0.2) is 11.6 Å². The molecule has 0 saturated carbocycles. The zero-order valence-corrected chi connectivity index (χ0v) is 15.0. The van der Waals surface area contributed by atoms with Crippen molar-refractivity contribution in [2.45, 2.75) is 58.4 Å². The van der Waals surface area contributed by atoms with Crippen LogP contribution >= 0.6 is 0 Å². The molecule has 2 atom stereocenters. The van der Waals surface area contributed by atoms with Crippen LogP contribution in [0.3, 0.4) is 0 Å². The van der Waals surface area contributed by atoms with Gasteiger partial charge in [0.05, 0.1) is 12.0 Å². The molecule has 2 aromatic rings. The number of hydrogen-bond donors (Lipinski definition) is 1. The molecule has 0 bridgehead atoms. The Balaban J connectivity index is 1.69. The Bertz CT molecular complexity index is 711. The Kier molecular flexibility index (Phi) is 5.47. The molecule has 1 amide bonds. The summed E-state index contributed by atoms with van der Waals surface area (Å²) in [6.45, 7) is 7.34. The average Bonchev–Trinajstić information content (AvgIpc) is 3.21. The quantitative estimate of drug-likeness (QED) is 0.858. The van der Waals surface area contributed by atoms with Crippen LogP contribution in [0.15, 0.2) is 15.1 Å². The van der Waals surface area contributed by atoms with Crippen LogP contribution in [0.5, 0.6) is 0 Å². The van der Waals surface area contributed by atoms with Crippen LogP contribution in [0.1, 0.15) is 56.0 Å². The molecular weight excluding hydrogens is 322 g/mol. The molecule has 0 unspecified atom stereocenters. The number of likely N-dealkylation sites (tertiary alicyclic amines) is 1. The normalized spacial score (nSPS) is 19.7. The van der Waals surface area contributed by atoms with Crippen molar-refractivity contribution in [1.82, 2.24) is 20.2 Å². The minimum Gasteiger partial charge on any atom is -0.360 e. The van der Waals surface area contributed by atoms with Crippen molar-refractivity contribution in [1.29, 1.82) is 0 Å². The summed E-state index contributed by atoms with van der Waals surface area (Å²) in [6.07, 6.45) is 3.72. The Labute approximate surface area is 146 Å². The third kappa shape index (κ3) is 4.25. The predicted octanol–water partition coefficient (Wildman–Crippen LogP) is 2.66. The molecule has 136 valence electrons. The summed E-state index contributed by atoms with van der Waals surface area (Å²) in [6, 6.07) is 1.52. The van der Waals surface area contributed by atoms with Crippen molar-refractivity contribution in [2.24, 2.45) is 0 Å². The fourth-order valence-electron chi connectivity index (χ4n) is 3.36. The van der Waals surface area contributed by atoms with E-state index in [9.17, 15) is 4.79 Å². The standard InChI is InChI=1S/C17H25N5O3/c1-4-6-14(16(23)19-15-9-11(2)24-21-15)22-8-5-7-13(10-22)17-18-12(3)20-25-17/h9,13-14H,4-8,10H2,1-3H3,(H,19,21,23)/t13-,14-/m0/s1. The number of carbonyl (C=O) groups excluding carboxylic acids is 1. The number of nitrogens with one attached hydrogen (secondary N) is 1. The van der Waals surface area contributed by atoms with Gasteiger partial charge in [0.2, 0.25) is 11.8 Å². The number of nitrogens with zero attached hydrogens (tertiary/aromatic N) is 4.